The monoisotopic (exact) mass is 290 g/mol. The largest absolute Gasteiger partial charge is 0.454 e. The van der Waals surface area contributed by atoms with Crippen LogP contribution in [0.3, 0.4) is 0 Å². The second-order valence-corrected chi connectivity index (χ2v) is 4.44. The standard InChI is InChI=1S/C12H7ClN4O3/c13-7-1-2-8-6(3-7)4-9(20-8)10-11(17(18)19)12(14)16-5-15-10/h1-5H,(H2,14,15,16). The van der Waals surface area contributed by atoms with Gasteiger partial charge in [-0.25, -0.2) is 9.97 Å². The molecule has 0 amide bonds. The number of rotatable bonds is 2. The van der Waals surface area contributed by atoms with E-state index in [-0.39, 0.29) is 23.0 Å². The highest BCUT2D eigenvalue weighted by atomic mass is 35.5. The molecule has 0 aliphatic rings. The fraction of sp³-hybridized carbons (Fsp3) is 0. The van der Waals surface area contributed by atoms with E-state index in [1.807, 2.05) is 0 Å². The van der Waals surface area contributed by atoms with Crippen LogP contribution in [-0.4, -0.2) is 14.9 Å². The van der Waals surface area contributed by atoms with Gasteiger partial charge >= 0.3 is 5.69 Å². The second-order valence-electron chi connectivity index (χ2n) is 4.01. The summed E-state index contributed by atoms with van der Waals surface area (Å²) >= 11 is 5.89. The van der Waals surface area contributed by atoms with Crippen LogP contribution in [0.15, 0.2) is 35.0 Å². The zero-order valence-corrected chi connectivity index (χ0v) is 10.7. The number of nitro groups is 1. The summed E-state index contributed by atoms with van der Waals surface area (Å²) < 4.78 is 5.55. The lowest BCUT2D eigenvalue weighted by Crippen LogP contribution is -2.01. The Morgan fingerprint density at radius 2 is 2.10 bits per heavy atom. The van der Waals surface area contributed by atoms with Gasteiger partial charge in [-0.15, -0.1) is 0 Å². The molecule has 0 unspecified atom stereocenters. The Kier molecular flexibility index (Phi) is 2.76. The molecule has 0 saturated carbocycles. The summed E-state index contributed by atoms with van der Waals surface area (Å²) in [6, 6.07) is 6.66. The van der Waals surface area contributed by atoms with Gasteiger partial charge in [0.1, 0.15) is 11.9 Å². The molecular weight excluding hydrogens is 284 g/mol. The van der Waals surface area contributed by atoms with Crippen LogP contribution >= 0.6 is 11.6 Å². The van der Waals surface area contributed by atoms with E-state index >= 15 is 0 Å². The number of aromatic nitrogens is 2. The average molecular weight is 291 g/mol. The molecule has 0 spiro atoms. The zero-order valence-electron chi connectivity index (χ0n) is 9.91. The molecule has 3 rings (SSSR count). The number of anilines is 1. The lowest BCUT2D eigenvalue weighted by molar-refractivity contribution is -0.383. The molecule has 3 aromatic rings. The zero-order chi connectivity index (χ0) is 14.3. The highest BCUT2D eigenvalue weighted by Crippen LogP contribution is 2.35. The molecule has 0 saturated heterocycles. The average Bonchev–Trinajstić information content (AvgIpc) is 2.80. The molecule has 2 heterocycles. The molecule has 0 atom stereocenters. The number of furan rings is 1. The smallest absolute Gasteiger partial charge is 0.340 e. The van der Waals surface area contributed by atoms with Gasteiger partial charge in [-0.05, 0) is 24.3 Å². The van der Waals surface area contributed by atoms with Crippen LogP contribution in [0, 0.1) is 10.1 Å². The van der Waals surface area contributed by atoms with Crippen LogP contribution < -0.4 is 5.73 Å². The van der Waals surface area contributed by atoms with Crippen molar-refractivity contribution < 1.29 is 9.34 Å². The van der Waals surface area contributed by atoms with Crippen molar-refractivity contribution in [3.8, 4) is 11.5 Å². The van der Waals surface area contributed by atoms with Gasteiger partial charge in [-0.1, -0.05) is 11.6 Å². The van der Waals surface area contributed by atoms with Crippen LogP contribution in [0.5, 0.6) is 0 Å². The van der Waals surface area contributed by atoms with Crippen molar-refractivity contribution in [3.63, 3.8) is 0 Å². The van der Waals surface area contributed by atoms with Crippen LogP contribution in [0.4, 0.5) is 11.5 Å². The van der Waals surface area contributed by atoms with Gasteiger partial charge in [-0.3, -0.25) is 10.1 Å². The first-order valence-corrected chi connectivity index (χ1v) is 5.88. The highest BCUT2D eigenvalue weighted by molar-refractivity contribution is 6.31. The van der Waals surface area contributed by atoms with Gasteiger partial charge in [0.2, 0.25) is 5.82 Å². The second kappa shape index (κ2) is 4.46. The van der Waals surface area contributed by atoms with Crippen molar-refractivity contribution in [1.29, 1.82) is 0 Å². The predicted octanol–water partition coefficient (Wildman–Crippen LogP) is 3.03. The van der Waals surface area contributed by atoms with Gasteiger partial charge in [0.15, 0.2) is 11.5 Å². The molecule has 2 aromatic heterocycles. The Hall–Kier alpha value is -2.67. The van der Waals surface area contributed by atoms with E-state index in [1.165, 1.54) is 0 Å². The molecule has 0 fully saturated rings. The number of nitrogens with two attached hydrogens (primary N) is 1. The third-order valence-electron chi connectivity index (χ3n) is 2.74. The Morgan fingerprint density at radius 3 is 2.85 bits per heavy atom. The minimum Gasteiger partial charge on any atom is -0.454 e. The van der Waals surface area contributed by atoms with Crippen molar-refractivity contribution in [2.75, 3.05) is 5.73 Å². The number of hydrogen-bond acceptors (Lipinski definition) is 6. The van der Waals surface area contributed by atoms with Crippen LogP contribution in [-0.2, 0) is 0 Å². The quantitative estimate of drug-likeness (QED) is 0.574. The lowest BCUT2D eigenvalue weighted by Gasteiger charge is -1.99. The molecule has 0 aliphatic carbocycles. The third kappa shape index (κ3) is 1.94. The van der Waals surface area contributed by atoms with E-state index in [0.29, 0.717) is 10.6 Å². The third-order valence-corrected chi connectivity index (χ3v) is 2.98. The van der Waals surface area contributed by atoms with E-state index < -0.39 is 4.92 Å². The maximum Gasteiger partial charge on any atom is 0.340 e. The minimum absolute atomic E-state index is 0.0369. The van der Waals surface area contributed by atoms with Crippen LogP contribution in [0.1, 0.15) is 0 Å². The highest BCUT2D eigenvalue weighted by Gasteiger charge is 2.24. The number of hydrogen-bond donors (Lipinski definition) is 1. The van der Waals surface area contributed by atoms with Gasteiger partial charge < -0.3 is 10.2 Å². The molecule has 0 radical (unpaired) electrons. The summed E-state index contributed by atoms with van der Waals surface area (Å²) in [5.41, 5.74) is 5.73. The number of fused-ring (bicyclic) bond motifs is 1. The summed E-state index contributed by atoms with van der Waals surface area (Å²) in [4.78, 5) is 17.9. The molecule has 1 aromatic carbocycles. The van der Waals surface area contributed by atoms with Crippen molar-refractivity contribution in [3.05, 3.63) is 45.7 Å². The molecular formula is C12H7ClN4O3. The molecule has 0 aliphatic heterocycles. The topological polar surface area (TPSA) is 108 Å². The molecule has 20 heavy (non-hydrogen) atoms. The summed E-state index contributed by atoms with van der Waals surface area (Å²) in [5.74, 6) is 0.0292. The molecule has 7 nitrogen and oxygen atoms in total. The van der Waals surface area contributed by atoms with E-state index in [2.05, 4.69) is 9.97 Å². The first-order valence-electron chi connectivity index (χ1n) is 5.50. The number of benzene rings is 1. The number of nitrogen functional groups attached to an aromatic ring is 1. The molecule has 100 valence electrons. The normalized spacial score (nSPS) is 10.8. The fourth-order valence-electron chi connectivity index (χ4n) is 1.88. The summed E-state index contributed by atoms with van der Waals surface area (Å²) in [5, 5.41) is 12.3. The van der Waals surface area contributed by atoms with Crippen LogP contribution in [0.2, 0.25) is 5.02 Å². The van der Waals surface area contributed by atoms with Crippen molar-refractivity contribution in [2.24, 2.45) is 0 Å². The molecule has 0 bridgehead atoms. The van der Waals surface area contributed by atoms with Crippen molar-refractivity contribution in [2.45, 2.75) is 0 Å². The maximum atomic E-state index is 11.1. The van der Waals surface area contributed by atoms with E-state index in [9.17, 15) is 10.1 Å². The lowest BCUT2D eigenvalue weighted by atomic mass is 10.2. The minimum atomic E-state index is -0.634. The SMILES string of the molecule is Nc1ncnc(-c2cc3cc(Cl)ccc3o2)c1[N+](=O)[O-]. The number of halogens is 1. The van der Waals surface area contributed by atoms with Crippen molar-refractivity contribution >= 4 is 34.1 Å². The number of nitrogens with zero attached hydrogens (tertiary/aromatic N) is 3. The predicted molar refractivity (Wildman–Crippen MR) is 73.3 cm³/mol. The Balaban J connectivity index is 2.25. The molecule has 8 heteroatoms. The first-order chi connectivity index (χ1) is 9.56. The van der Waals surface area contributed by atoms with E-state index in [4.69, 9.17) is 21.8 Å². The van der Waals surface area contributed by atoms with Gasteiger partial charge in [0, 0.05) is 10.4 Å². The van der Waals surface area contributed by atoms with E-state index in [0.717, 1.165) is 11.7 Å². The summed E-state index contributed by atoms with van der Waals surface area (Å²) in [6.07, 6.45) is 1.15. The van der Waals surface area contributed by atoms with Gasteiger partial charge in [-0.2, -0.15) is 0 Å². The first kappa shape index (κ1) is 12.4. The Labute approximate surface area is 117 Å². The maximum absolute atomic E-state index is 11.1. The van der Waals surface area contributed by atoms with E-state index in [1.54, 1.807) is 24.3 Å². The fourth-order valence-corrected chi connectivity index (χ4v) is 2.06. The molecule has 2 N–H and O–H groups in total. The summed E-state index contributed by atoms with van der Waals surface area (Å²) in [6.45, 7) is 0. The Morgan fingerprint density at radius 1 is 1.30 bits per heavy atom. The Bertz CT molecular complexity index is 831. The summed E-state index contributed by atoms with van der Waals surface area (Å²) in [7, 11) is 0. The van der Waals surface area contributed by atoms with Crippen LogP contribution in [0.25, 0.3) is 22.4 Å². The van der Waals surface area contributed by atoms with Gasteiger partial charge in [0.05, 0.1) is 4.92 Å². The van der Waals surface area contributed by atoms with Gasteiger partial charge in [0.25, 0.3) is 0 Å². The van der Waals surface area contributed by atoms with Crippen molar-refractivity contribution in [1.82, 2.24) is 9.97 Å².